The fraction of sp³-hybridized carbons (Fsp3) is 0.444. The van der Waals surface area contributed by atoms with E-state index in [1.54, 1.807) is 12.3 Å². The second-order valence-corrected chi connectivity index (χ2v) is 7.21. The second kappa shape index (κ2) is 6.08. The minimum absolute atomic E-state index is 0.0183. The van der Waals surface area contributed by atoms with E-state index in [9.17, 15) is 0 Å². The van der Waals surface area contributed by atoms with Gasteiger partial charge in [-0.2, -0.15) is 10.4 Å². The highest BCUT2D eigenvalue weighted by atomic mass is 15.4. The highest BCUT2D eigenvalue weighted by molar-refractivity contribution is 5.48. The summed E-state index contributed by atoms with van der Waals surface area (Å²) in [7, 11) is 2.03. The van der Waals surface area contributed by atoms with Crippen molar-refractivity contribution in [2.24, 2.45) is 0 Å². The first-order valence-corrected chi connectivity index (χ1v) is 8.06. The first kappa shape index (κ1) is 16.2. The van der Waals surface area contributed by atoms with Crippen molar-refractivity contribution < 1.29 is 0 Å². The van der Waals surface area contributed by atoms with E-state index in [0.29, 0.717) is 11.6 Å². The van der Waals surface area contributed by atoms with Crippen LogP contribution < -0.4 is 9.80 Å². The third kappa shape index (κ3) is 3.16. The molecule has 1 saturated heterocycles. The van der Waals surface area contributed by atoms with Gasteiger partial charge in [0, 0.05) is 31.7 Å². The fourth-order valence-corrected chi connectivity index (χ4v) is 2.63. The van der Waals surface area contributed by atoms with Crippen LogP contribution >= 0.6 is 0 Å². The molecule has 24 heavy (non-hydrogen) atoms. The number of hydrogen-bond donors (Lipinski definition) is 0. The number of likely N-dealkylation sites (N-methyl/N-ethyl adjacent to an activating group) is 1. The summed E-state index contributed by atoms with van der Waals surface area (Å²) in [5, 5.41) is 17.6. The molecule has 1 aliphatic rings. The summed E-state index contributed by atoms with van der Waals surface area (Å²) in [5.41, 5.74) is 1.60. The summed E-state index contributed by atoms with van der Waals surface area (Å²) in [6.07, 6.45) is 1.61. The van der Waals surface area contributed by atoms with Crippen LogP contribution in [-0.2, 0) is 5.41 Å². The summed E-state index contributed by atoms with van der Waals surface area (Å²) < 4.78 is 0. The van der Waals surface area contributed by atoms with Crippen LogP contribution in [0.25, 0.3) is 0 Å². The van der Waals surface area contributed by atoms with Gasteiger partial charge >= 0.3 is 0 Å². The first-order chi connectivity index (χ1) is 11.4. The normalized spacial score (nSPS) is 14.9. The van der Waals surface area contributed by atoms with E-state index in [-0.39, 0.29) is 5.41 Å². The molecule has 2 aromatic heterocycles. The van der Waals surface area contributed by atoms with Crippen molar-refractivity contribution >= 4 is 11.6 Å². The van der Waals surface area contributed by atoms with Crippen molar-refractivity contribution in [3.8, 4) is 6.07 Å². The van der Waals surface area contributed by atoms with Crippen LogP contribution in [0.15, 0.2) is 30.5 Å². The molecule has 0 spiro atoms. The Morgan fingerprint density at radius 1 is 1.17 bits per heavy atom. The first-order valence-electron chi connectivity index (χ1n) is 8.06. The number of nitriles is 1. The molecule has 0 aliphatic carbocycles. The summed E-state index contributed by atoms with van der Waals surface area (Å²) in [6.45, 7) is 8.19. The Morgan fingerprint density at radius 2 is 1.92 bits per heavy atom. The monoisotopic (exact) mass is 322 g/mol. The Morgan fingerprint density at radius 3 is 2.42 bits per heavy atom. The van der Waals surface area contributed by atoms with Crippen LogP contribution in [-0.4, -0.2) is 41.4 Å². The van der Waals surface area contributed by atoms with E-state index in [2.05, 4.69) is 57.9 Å². The number of nitrogens with zero attached hydrogens (tertiary/aromatic N) is 6. The number of hydrogen-bond acceptors (Lipinski definition) is 6. The second-order valence-electron chi connectivity index (χ2n) is 7.21. The van der Waals surface area contributed by atoms with Gasteiger partial charge in [0.25, 0.3) is 0 Å². The van der Waals surface area contributed by atoms with Crippen molar-refractivity contribution in [1.29, 1.82) is 5.26 Å². The van der Waals surface area contributed by atoms with Crippen LogP contribution in [0.3, 0.4) is 0 Å². The van der Waals surface area contributed by atoms with Crippen molar-refractivity contribution in [2.75, 3.05) is 29.9 Å². The lowest BCUT2D eigenvalue weighted by Crippen LogP contribution is -2.59. The molecule has 1 aliphatic heterocycles. The van der Waals surface area contributed by atoms with Gasteiger partial charge in [-0.25, -0.2) is 4.98 Å². The molecule has 6 nitrogen and oxygen atoms in total. The third-order valence-electron chi connectivity index (χ3n) is 4.39. The van der Waals surface area contributed by atoms with Crippen LogP contribution in [0.2, 0.25) is 0 Å². The van der Waals surface area contributed by atoms with E-state index >= 15 is 0 Å². The van der Waals surface area contributed by atoms with Gasteiger partial charge in [-0.3, -0.25) is 0 Å². The molecule has 2 aromatic rings. The van der Waals surface area contributed by atoms with Gasteiger partial charge in [-0.1, -0.05) is 20.8 Å². The molecule has 0 atom stereocenters. The molecule has 6 heteroatoms. The van der Waals surface area contributed by atoms with E-state index in [0.717, 1.165) is 30.4 Å². The predicted octanol–water partition coefficient (Wildman–Crippen LogP) is 2.37. The topological polar surface area (TPSA) is 68.9 Å². The average molecular weight is 322 g/mol. The summed E-state index contributed by atoms with van der Waals surface area (Å²) in [5.74, 6) is 1.80. The SMILES string of the molecule is CN(c1ccc(C#N)cn1)C1CN(c2ccc(C(C)(C)C)nn2)C1. The largest absolute Gasteiger partial charge is 0.353 e. The molecule has 124 valence electrons. The summed E-state index contributed by atoms with van der Waals surface area (Å²) >= 11 is 0. The van der Waals surface area contributed by atoms with E-state index in [4.69, 9.17) is 5.26 Å². The summed E-state index contributed by atoms with van der Waals surface area (Å²) in [6, 6.07) is 10.3. The maximum atomic E-state index is 8.84. The molecule has 0 amide bonds. The van der Waals surface area contributed by atoms with Crippen molar-refractivity contribution in [3.05, 3.63) is 41.7 Å². The molecular formula is C18H22N6. The minimum Gasteiger partial charge on any atom is -0.353 e. The molecule has 0 saturated carbocycles. The van der Waals surface area contributed by atoms with Gasteiger partial charge in [0.15, 0.2) is 5.82 Å². The molecule has 3 heterocycles. The lowest BCUT2D eigenvalue weighted by atomic mass is 9.92. The van der Waals surface area contributed by atoms with E-state index in [1.807, 2.05) is 19.2 Å². The zero-order valence-corrected chi connectivity index (χ0v) is 14.6. The van der Waals surface area contributed by atoms with Crippen molar-refractivity contribution in [2.45, 2.75) is 32.2 Å². The Hall–Kier alpha value is -2.68. The molecular weight excluding hydrogens is 300 g/mol. The fourth-order valence-electron chi connectivity index (χ4n) is 2.63. The Bertz CT molecular complexity index is 733. The van der Waals surface area contributed by atoms with Crippen LogP contribution in [0, 0.1) is 11.3 Å². The Balaban J connectivity index is 1.61. The smallest absolute Gasteiger partial charge is 0.151 e. The lowest BCUT2D eigenvalue weighted by molar-refractivity contribution is 0.485. The lowest BCUT2D eigenvalue weighted by Gasteiger charge is -2.44. The minimum atomic E-state index is 0.0183. The molecule has 0 N–H and O–H groups in total. The van der Waals surface area contributed by atoms with Crippen LogP contribution in [0.1, 0.15) is 32.0 Å². The van der Waals surface area contributed by atoms with Crippen LogP contribution in [0.5, 0.6) is 0 Å². The molecule has 0 aromatic carbocycles. The van der Waals surface area contributed by atoms with Gasteiger partial charge in [0.2, 0.25) is 0 Å². The van der Waals surface area contributed by atoms with Gasteiger partial charge < -0.3 is 9.80 Å². The molecule has 0 bridgehead atoms. The van der Waals surface area contributed by atoms with Crippen molar-refractivity contribution in [3.63, 3.8) is 0 Å². The van der Waals surface area contributed by atoms with E-state index < -0.39 is 0 Å². The van der Waals surface area contributed by atoms with Gasteiger partial charge in [0.05, 0.1) is 17.3 Å². The standard InChI is InChI=1S/C18H22N6/c1-18(2,3)15-6-8-17(22-21-15)24-11-14(12-24)23(4)16-7-5-13(9-19)10-20-16/h5-8,10,14H,11-12H2,1-4H3. The van der Waals surface area contributed by atoms with Gasteiger partial charge in [-0.15, -0.1) is 5.10 Å². The highest BCUT2D eigenvalue weighted by Gasteiger charge is 2.32. The highest BCUT2D eigenvalue weighted by Crippen LogP contribution is 2.25. The molecule has 0 radical (unpaired) electrons. The Kier molecular flexibility index (Phi) is 4.10. The molecule has 1 fully saturated rings. The molecule has 3 rings (SSSR count). The number of aromatic nitrogens is 3. The van der Waals surface area contributed by atoms with Gasteiger partial charge in [-0.05, 0) is 24.3 Å². The third-order valence-corrected chi connectivity index (χ3v) is 4.39. The number of anilines is 2. The number of pyridine rings is 1. The Labute approximate surface area is 142 Å². The summed E-state index contributed by atoms with van der Waals surface area (Å²) in [4.78, 5) is 8.71. The number of rotatable bonds is 3. The zero-order valence-electron chi connectivity index (χ0n) is 14.6. The average Bonchev–Trinajstić information content (AvgIpc) is 2.53. The van der Waals surface area contributed by atoms with Gasteiger partial charge in [0.1, 0.15) is 11.9 Å². The quantitative estimate of drug-likeness (QED) is 0.864. The molecule has 0 unspecified atom stereocenters. The maximum Gasteiger partial charge on any atom is 0.151 e. The predicted molar refractivity (Wildman–Crippen MR) is 94.1 cm³/mol. The van der Waals surface area contributed by atoms with Crippen molar-refractivity contribution in [1.82, 2.24) is 15.2 Å². The maximum absolute atomic E-state index is 8.84. The van der Waals surface area contributed by atoms with E-state index in [1.165, 1.54) is 0 Å². The van der Waals surface area contributed by atoms with Crippen LogP contribution in [0.4, 0.5) is 11.6 Å². The zero-order chi connectivity index (χ0) is 17.3.